The maximum absolute atomic E-state index is 13.3. The van der Waals surface area contributed by atoms with Crippen LogP contribution >= 0.6 is 0 Å². The van der Waals surface area contributed by atoms with Crippen LogP contribution in [0.25, 0.3) is 0 Å². The molecule has 1 aromatic rings. The third-order valence-electron chi connectivity index (χ3n) is 2.68. The van der Waals surface area contributed by atoms with E-state index in [0.717, 1.165) is 13.0 Å². The van der Waals surface area contributed by atoms with Crippen LogP contribution in [0.4, 0.5) is 4.39 Å². The second-order valence-corrected chi connectivity index (χ2v) is 4.34. The number of carbonyl (C=O) groups is 1. The average Bonchev–Trinajstić information content (AvgIpc) is 2.38. The molecule has 0 aliphatic heterocycles. The van der Waals surface area contributed by atoms with E-state index in [9.17, 15) is 9.18 Å². The summed E-state index contributed by atoms with van der Waals surface area (Å²) in [5, 5.41) is 11.4. The molecule has 5 heteroatoms. The largest absolute Gasteiger partial charge is 0.358 e. The zero-order valence-electron chi connectivity index (χ0n) is 11.2. The van der Waals surface area contributed by atoms with Crippen LogP contribution in [0.1, 0.15) is 24.5 Å². The highest BCUT2D eigenvalue weighted by molar-refractivity contribution is 5.77. The molecule has 0 saturated carbocycles. The molecule has 4 nitrogen and oxygen atoms in total. The summed E-state index contributed by atoms with van der Waals surface area (Å²) in [6.45, 7) is 3.48. The summed E-state index contributed by atoms with van der Waals surface area (Å²) in [5.41, 5.74) is 1.00. The van der Waals surface area contributed by atoms with Crippen LogP contribution in [0.5, 0.6) is 0 Å². The Bertz CT molecular complexity index is 482. The van der Waals surface area contributed by atoms with Crippen molar-refractivity contribution in [1.29, 1.82) is 5.26 Å². The zero-order chi connectivity index (χ0) is 14.3. The lowest BCUT2D eigenvalue weighted by Gasteiger charge is -2.20. The van der Waals surface area contributed by atoms with E-state index < -0.39 is 5.82 Å². The second kappa shape index (κ2) is 7.49. The molecule has 1 rings (SSSR count). The van der Waals surface area contributed by atoms with Crippen LogP contribution in [0.15, 0.2) is 18.2 Å². The van der Waals surface area contributed by atoms with E-state index in [0.29, 0.717) is 17.7 Å². The zero-order valence-corrected chi connectivity index (χ0v) is 11.2. The molecular weight excluding hydrogens is 245 g/mol. The Morgan fingerprint density at radius 2 is 2.21 bits per heavy atom. The van der Waals surface area contributed by atoms with Gasteiger partial charge in [-0.05, 0) is 36.7 Å². The van der Waals surface area contributed by atoms with Crippen molar-refractivity contribution in [3.63, 3.8) is 0 Å². The molecule has 19 heavy (non-hydrogen) atoms. The molecule has 1 N–H and O–H groups in total. The van der Waals surface area contributed by atoms with Crippen molar-refractivity contribution in [1.82, 2.24) is 10.2 Å². The number of hydrogen-bond acceptors (Lipinski definition) is 3. The Kier molecular flexibility index (Phi) is 5.97. The summed E-state index contributed by atoms with van der Waals surface area (Å²) in [6.07, 6.45) is 0.900. The molecule has 0 unspecified atom stereocenters. The molecule has 1 aromatic carbocycles. The minimum atomic E-state index is -0.426. The van der Waals surface area contributed by atoms with E-state index in [1.807, 2.05) is 17.9 Å². The van der Waals surface area contributed by atoms with Gasteiger partial charge in [0.05, 0.1) is 18.2 Å². The lowest BCUT2D eigenvalue weighted by molar-refractivity contribution is -0.121. The first-order valence-corrected chi connectivity index (χ1v) is 6.21. The number of benzene rings is 1. The lowest BCUT2D eigenvalue weighted by atomic mass is 10.1. The monoisotopic (exact) mass is 263 g/mol. The third kappa shape index (κ3) is 5.06. The number of nitriles is 1. The Morgan fingerprint density at radius 3 is 2.79 bits per heavy atom. The number of likely N-dealkylation sites (N-methyl/N-ethyl adjacent to an activating group) is 1. The maximum Gasteiger partial charge on any atom is 0.233 e. The van der Waals surface area contributed by atoms with E-state index in [-0.39, 0.29) is 12.5 Å². The number of amides is 1. The van der Waals surface area contributed by atoms with Crippen LogP contribution in [0.3, 0.4) is 0 Å². The Morgan fingerprint density at radius 1 is 1.47 bits per heavy atom. The van der Waals surface area contributed by atoms with Crippen molar-refractivity contribution in [2.45, 2.75) is 19.9 Å². The van der Waals surface area contributed by atoms with Crippen LogP contribution in [0, 0.1) is 17.1 Å². The fourth-order valence-electron chi connectivity index (χ4n) is 1.88. The van der Waals surface area contributed by atoms with E-state index >= 15 is 0 Å². The van der Waals surface area contributed by atoms with Gasteiger partial charge in [0.15, 0.2) is 0 Å². The SMILES string of the molecule is CCCN(CC(=O)NC)Cc1cc(F)cc(C#N)c1. The molecule has 102 valence electrons. The lowest BCUT2D eigenvalue weighted by Crippen LogP contribution is -2.35. The molecule has 1 amide bonds. The number of hydrogen-bond donors (Lipinski definition) is 1. The number of nitrogens with zero attached hydrogens (tertiary/aromatic N) is 2. The van der Waals surface area contributed by atoms with Gasteiger partial charge in [0.2, 0.25) is 5.91 Å². The van der Waals surface area contributed by atoms with E-state index in [4.69, 9.17) is 5.26 Å². The molecule has 0 fully saturated rings. The quantitative estimate of drug-likeness (QED) is 0.849. The van der Waals surface area contributed by atoms with Crippen LogP contribution in [-0.4, -0.2) is 30.9 Å². The average molecular weight is 263 g/mol. The summed E-state index contributed by atoms with van der Waals surface area (Å²) < 4.78 is 13.3. The number of halogens is 1. The Balaban J connectivity index is 2.81. The van der Waals surface area contributed by atoms with Gasteiger partial charge in [-0.15, -0.1) is 0 Å². The smallest absolute Gasteiger partial charge is 0.233 e. The Hall–Kier alpha value is -1.93. The van der Waals surface area contributed by atoms with Crippen molar-refractivity contribution < 1.29 is 9.18 Å². The topological polar surface area (TPSA) is 56.1 Å². The summed E-state index contributed by atoms with van der Waals surface area (Å²) in [6, 6.07) is 6.17. The predicted molar refractivity (Wildman–Crippen MR) is 70.7 cm³/mol. The maximum atomic E-state index is 13.3. The summed E-state index contributed by atoms with van der Waals surface area (Å²) in [5.74, 6) is -0.504. The van der Waals surface area contributed by atoms with Gasteiger partial charge in [0.1, 0.15) is 5.82 Å². The minimum Gasteiger partial charge on any atom is -0.358 e. The molecule has 0 heterocycles. The first kappa shape index (κ1) is 15.1. The molecule has 0 aliphatic carbocycles. The van der Waals surface area contributed by atoms with Crippen LogP contribution < -0.4 is 5.32 Å². The fraction of sp³-hybridized carbons (Fsp3) is 0.429. The van der Waals surface area contributed by atoms with Gasteiger partial charge in [-0.25, -0.2) is 4.39 Å². The van der Waals surface area contributed by atoms with Crippen LogP contribution in [0.2, 0.25) is 0 Å². The molecular formula is C14H18FN3O. The number of carbonyl (C=O) groups excluding carboxylic acids is 1. The van der Waals surface area contributed by atoms with Gasteiger partial charge in [0, 0.05) is 13.6 Å². The molecule has 0 aliphatic rings. The molecule has 0 spiro atoms. The number of rotatable bonds is 6. The first-order valence-electron chi connectivity index (χ1n) is 6.21. The van der Waals surface area contributed by atoms with Gasteiger partial charge >= 0.3 is 0 Å². The van der Waals surface area contributed by atoms with Gasteiger partial charge in [-0.3, -0.25) is 9.69 Å². The highest BCUT2D eigenvalue weighted by Gasteiger charge is 2.10. The molecule has 0 bridgehead atoms. The summed E-state index contributed by atoms with van der Waals surface area (Å²) in [4.78, 5) is 13.3. The van der Waals surface area contributed by atoms with Crippen molar-refractivity contribution in [2.75, 3.05) is 20.1 Å². The second-order valence-electron chi connectivity index (χ2n) is 4.34. The predicted octanol–water partition coefficient (Wildman–Crippen LogP) is 1.66. The standard InChI is InChI=1S/C14H18FN3O/c1-3-4-18(10-14(19)17-2)9-12-5-11(8-16)6-13(15)7-12/h5-7H,3-4,9-10H2,1-2H3,(H,17,19). The molecule has 0 radical (unpaired) electrons. The van der Waals surface area contributed by atoms with Gasteiger partial charge in [0.25, 0.3) is 0 Å². The molecule has 0 atom stereocenters. The van der Waals surface area contributed by atoms with Gasteiger partial charge in [-0.1, -0.05) is 6.92 Å². The van der Waals surface area contributed by atoms with E-state index in [1.165, 1.54) is 12.1 Å². The van der Waals surface area contributed by atoms with Crippen molar-refractivity contribution in [3.8, 4) is 6.07 Å². The first-order chi connectivity index (χ1) is 9.08. The normalized spacial score (nSPS) is 10.3. The van der Waals surface area contributed by atoms with Gasteiger partial charge in [-0.2, -0.15) is 5.26 Å². The molecule has 0 aromatic heterocycles. The van der Waals surface area contributed by atoms with Crippen molar-refractivity contribution >= 4 is 5.91 Å². The van der Waals surface area contributed by atoms with Crippen molar-refractivity contribution in [2.24, 2.45) is 0 Å². The summed E-state index contributed by atoms with van der Waals surface area (Å²) in [7, 11) is 1.59. The van der Waals surface area contributed by atoms with E-state index in [2.05, 4.69) is 5.32 Å². The Labute approximate surface area is 112 Å². The summed E-state index contributed by atoms with van der Waals surface area (Å²) >= 11 is 0. The fourth-order valence-corrected chi connectivity index (χ4v) is 1.88. The van der Waals surface area contributed by atoms with Crippen LogP contribution in [-0.2, 0) is 11.3 Å². The number of nitrogens with one attached hydrogen (secondary N) is 1. The highest BCUT2D eigenvalue weighted by Crippen LogP contribution is 2.11. The minimum absolute atomic E-state index is 0.0784. The molecule has 0 saturated heterocycles. The van der Waals surface area contributed by atoms with Gasteiger partial charge < -0.3 is 5.32 Å². The van der Waals surface area contributed by atoms with Crippen molar-refractivity contribution in [3.05, 3.63) is 35.1 Å². The highest BCUT2D eigenvalue weighted by atomic mass is 19.1. The van der Waals surface area contributed by atoms with E-state index in [1.54, 1.807) is 13.1 Å². The third-order valence-corrected chi connectivity index (χ3v) is 2.68.